The average Bonchev–Trinajstić information content (AvgIpc) is 2.88. The Balaban J connectivity index is 2.59. The van der Waals surface area contributed by atoms with Crippen LogP contribution >= 0.6 is 0 Å². The average molecular weight is 284 g/mol. The summed E-state index contributed by atoms with van der Waals surface area (Å²) in [6.07, 6.45) is 2.06. The number of rotatable bonds is 7. The zero-order valence-electron chi connectivity index (χ0n) is 14.0. The van der Waals surface area contributed by atoms with Crippen LogP contribution in [0, 0.1) is 11.8 Å². The van der Waals surface area contributed by atoms with Crippen molar-refractivity contribution in [3.8, 4) is 0 Å². The number of nitrogens with one attached hydrogen (secondary N) is 1. The minimum Gasteiger partial charge on any atom is -0.465 e. The Morgan fingerprint density at radius 2 is 2.10 bits per heavy atom. The molecule has 0 spiro atoms. The second kappa shape index (κ2) is 7.41. The van der Waals surface area contributed by atoms with E-state index in [9.17, 15) is 4.79 Å². The summed E-state index contributed by atoms with van der Waals surface area (Å²) >= 11 is 0. The van der Waals surface area contributed by atoms with Gasteiger partial charge in [0.15, 0.2) is 0 Å². The van der Waals surface area contributed by atoms with Gasteiger partial charge < -0.3 is 15.0 Å². The molecule has 0 radical (unpaired) electrons. The van der Waals surface area contributed by atoms with Crippen molar-refractivity contribution in [2.75, 3.05) is 26.7 Å². The van der Waals surface area contributed by atoms with E-state index in [2.05, 4.69) is 31.0 Å². The highest BCUT2D eigenvalue weighted by atomic mass is 16.5. The molecule has 20 heavy (non-hydrogen) atoms. The van der Waals surface area contributed by atoms with Gasteiger partial charge in [-0.05, 0) is 59.0 Å². The first-order valence-corrected chi connectivity index (χ1v) is 7.94. The molecule has 118 valence electrons. The second-order valence-corrected chi connectivity index (χ2v) is 6.64. The van der Waals surface area contributed by atoms with Gasteiger partial charge in [0.25, 0.3) is 0 Å². The molecular weight excluding hydrogens is 252 g/mol. The summed E-state index contributed by atoms with van der Waals surface area (Å²) in [5, 5.41) is 3.15. The molecule has 1 heterocycles. The van der Waals surface area contributed by atoms with Gasteiger partial charge in [-0.2, -0.15) is 0 Å². The fourth-order valence-electron chi connectivity index (χ4n) is 3.06. The number of carbonyl (C=O) groups excluding carboxylic acids is 1. The molecule has 0 aromatic carbocycles. The third-order valence-electron chi connectivity index (χ3n) is 4.80. The Labute approximate surface area is 124 Å². The zero-order valence-corrected chi connectivity index (χ0v) is 14.0. The van der Waals surface area contributed by atoms with Crippen LogP contribution in [0.3, 0.4) is 0 Å². The molecule has 1 aliphatic rings. The zero-order chi connectivity index (χ0) is 15.3. The van der Waals surface area contributed by atoms with Gasteiger partial charge in [-0.3, -0.25) is 4.79 Å². The minimum atomic E-state index is -0.592. The molecule has 3 unspecified atom stereocenters. The molecule has 0 saturated carbocycles. The van der Waals surface area contributed by atoms with E-state index < -0.39 is 5.54 Å². The monoisotopic (exact) mass is 284 g/mol. The lowest BCUT2D eigenvalue weighted by molar-refractivity contribution is -0.151. The number of nitrogens with zero attached hydrogens (tertiary/aromatic N) is 1. The fraction of sp³-hybridized carbons (Fsp3) is 0.938. The largest absolute Gasteiger partial charge is 0.465 e. The van der Waals surface area contributed by atoms with Crippen molar-refractivity contribution in [1.29, 1.82) is 0 Å². The van der Waals surface area contributed by atoms with E-state index in [0.717, 1.165) is 31.3 Å². The molecule has 1 fully saturated rings. The highest BCUT2D eigenvalue weighted by molar-refractivity contribution is 5.80. The van der Waals surface area contributed by atoms with Crippen molar-refractivity contribution in [3.63, 3.8) is 0 Å². The second-order valence-electron chi connectivity index (χ2n) is 6.64. The SMILES string of the molecule is CCOC(=O)C(C)(CC(C)N1CCC(C(C)C)C1)NC. The maximum absolute atomic E-state index is 12.1. The van der Waals surface area contributed by atoms with Crippen molar-refractivity contribution in [2.45, 2.75) is 59.0 Å². The van der Waals surface area contributed by atoms with E-state index in [-0.39, 0.29) is 5.97 Å². The first-order valence-electron chi connectivity index (χ1n) is 7.94. The number of hydrogen-bond acceptors (Lipinski definition) is 4. The molecule has 1 rings (SSSR count). The Morgan fingerprint density at radius 1 is 1.45 bits per heavy atom. The molecule has 4 nitrogen and oxygen atoms in total. The lowest BCUT2D eigenvalue weighted by Crippen LogP contribution is -2.52. The number of ether oxygens (including phenoxy) is 1. The van der Waals surface area contributed by atoms with Gasteiger partial charge in [-0.1, -0.05) is 13.8 Å². The first-order chi connectivity index (χ1) is 9.34. The smallest absolute Gasteiger partial charge is 0.326 e. The topological polar surface area (TPSA) is 41.6 Å². The minimum absolute atomic E-state index is 0.144. The van der Waals surface area contributed by atoms with Crippen LogP contribution in [-0.4, -0.2) is 49.2 Å². The molecule has 3 atom stereocenters. The third kappa shape index (κ3) is 4.19. The Kier molecular flexibility index (Phi) is 6.46. The molecule has 0 aromatic heterocycles. The van der Waals surface area contributed by atoms with Gasteiger partial charge in [0, 0.05) is 12.6 Å². The molecule has 0 bridgehead atoms. The van der Waals surface area contributed by atoms with E-state index in [1.54, 1.807) is 0 Å². The third-order valence-corrected chi connectivity index (χ3v) is 4.80. The summed E-state index contributed by atoms with van der Waals surface area (Å²) in [5.41, 5.74) is -0.592. The Morgan fingerprint density at radius 3 is 2.55 bits per heavy atom. The van der Waals surface area contributed by atoms with Crippen LogP contribution in [0.4, 0.5) is 0 Å². The Bertz CT molecular complexity index is 320. The molecule has 1 N–H and O–H groups in total. The van der Waals surface area contributed by atoms with Crippen molar-refractivity contribution in [2.24, 2.45) is 11.8 Å². The van der Waals surface area contributed by atoms with Crippen molar-refractivity contribution < 1.29 is 9.53 Å². The van der Waals surface area contributed by atoms with Gasteiger partial charge >= 0.3 is 5.97 Å². The van der Waals surface area contributed by atoms with E-state index in [1.165, 1.54) is 6.42 Å². The number of esters is 1. The first kappa shape index (κ1) is 17.4. The maximum atomic E-state index is 12.1. The van der Waals surface area contributed by atoms with Crippen LogP contribution < -0.4 is 5.32 Å². The van der Waals surface area contributed by atoms with Gasteiger partial charge in [-0.15, -0.1) is 0 Å². The van der Waals surface area contributed by atoms with Gasteiger partial charge in [0.2, 0.25) is 0 Å². The number of carbonyl (C=O) groups is 1. The van der Waals surface area contributed by atoms with Crippen molar-refractivity contribution >= 4 is 5.97 Å². The molecular formula is C16H32N2O2. The molecule has 4 heteroatoms. The van der Waals surface area contributed by atoms with Crippen LogP contribution in [-0.2, 0) is 9.53 Å². The number of likely N-dealkylation sites (N-methyl/N-ethyl adjacent to an activating group) is 1. The van der Waals surface area contributed by atoms with Crippen LogP contribution in [0.1, 0.15) is 47.5 Å². The maximum Gasteiger partial charge on any atom is 0.326 e. The molecule has 1 aliphatic heterocycles. The summed E-state index contributed by atoms with van der Waals surface area (Å²) < 4.78 is 5.20. The normalized spacial score (nSPS) is 24.6. The van der Waals surface area contributed by atoms with Crippen LogP contribution in [0.2, 0.25) is 0 Å². The lowest BCUT2D eigenvalue weighted by Gasteiger charge is -2.33. The molecule has 0 aliphatic carbocycles. The highest BCUT2D eigenvalue weighted by Gasteiger charge is 2.37. The standard InChI is InChI=1S/C16H32N2O2/c1-7-20-15(19)16(5,17-6)10-13(4)18-9-8-14(11-18)12(2)3/h12-14,17H,7-11H2,1-6H3. The van der Waals surface area contributed by atoms with E-state index in [4.69, 9.17) is 4.74 Å². The van der Waals surface area contributed by atoms with Gasteiger partial charge in [0.05, 0.1) is 6.61 Å². The van der Waals surface area contributed by atoms with E-state index >= 15 is 0 Å². The fourth-order valence-corrected chi connectivity index (χ4v) is 3.06. The summed E-state index contributed by atoms with van der Waals surface area (Å²) in [6, 6.07) is 0.389. The quantitative estimate of drug-likeness (QED) is 0.728. The van der Waals surface area contributed by atoms with Crippen molar-refractivity contribution in [3.05, 3.63) is 0 Å². The van der Waals surface area contributed by atoms with Crippen LogP contribution in [0.15, 0.2) is 0 Å². The number of hydrogen-bond donors (Lipinski definition) is 1. The lowest BCUT2D eigenvalue weighted by atomic mass is 9.92. The van der Waals surface area contributed by atoms with E-state index in [0.29, 0.717) is 12.6 Å². The summed E-state index contributed by atoms with van der Waals surface area (Å²) in [6.45, 7) is 13.3. The van der Waals surface area contributed by atoms with Crippen LogP contribution in [0.5, 0.6) is 0 Å². The molecule has 0 amide bonds. The van der Waals surface area contributed by atoms with Crippen molar-refractivity contribution in [1.82, 2.24) is 10.2 Å². The van der Waals surface area contributed by atoms with Crippen LogP contribution in [0.25, 0.3) is 0 Å². The summed E-state index contributed by atoms with van der Waals surface area (Å²) in [4.78, 5) is 14.6. The van der Waals surface area contributed by atoms with Gasteiger partial charge in [-0.25, -0.2) is 0 Å². The summed E-state index contributed by atoms with van der Waals surface area (Å²) in [5.74, 6) is 1.39. The predicted molar refractivity (Wildman–Crippen MR) is 82.7 cm³/mol. The molecule has 0 aromatic rings. The predicted octanol–water partition coefficient (Wildman–Crippen LogP) is 2.28. The van der Waals surface area contributed by atoms with E-state index in [1.807, 2.05) is 20.9 Å². The molecule has 1 saturated heterocycles. The number of likely N-dealkylation sites (tertiary alicyclic amines) is 1. The van der Waals surface area contributed by atoms with Gasteiger partial charge in [0.1, 0.15) is 5.54 Å². The summed E-state index contributed by atoms with van der Waals surface area (Å²) in [7, 11) is 1.84. The highest BCUT2D eigenvalue weighted by Crippen LogP contribution is 2.27. The Hall–Kier alpha value is -0.610.